The van der Waals surface area contributed by atoms with E-state index < -0.39 is 0 Å². The molecule has 0 radical (unpaired) electrons. The molecule has 4 heteroatoms. The van der Waals surface area contributed by atoms with Crippen LogP contribution in [-0.2, 0) is 0 Å². The van der Waals surface area contributed by atoms with Crippen molar-refractivity contribution in [1.82, 2.24) is 0 Å². The minimum Gasteiger partial charge on any atom is -0.496 e. The second-order valence-electron chi connectivity index (χ2n) is 2.47. The number of methoxy groups -OCH3 is 1. The summed E-state index contributed by atoms with van der Waals surface area (Å²) in [6.45, 7) is -0.0449. The number of hydrogen-bond donors (Lipinski definition) is 1. The normalized spacial score (nSPS) is 9.77. The van der Waals surface area contributed by atoms with Crippen molar-refractivity contribution in [3.05, 3.63) is 28.8 Å². The molecule has 0 saturated carbocycles. The van der Waals surface area contributed by atoms with E-state index in [0.29, 0.717) is 16.3 Å². The number of ether oxygens (including phenoxy) is 1. The Hall–Kier alpha value is -1.06. The van der Waals surface area contributed by atoms with Gasteiger partial charge in [-0.2, -0.15) is 0 Å². The Labute approximate surface area is 81.4 Å². The first kappa shape index (κ1) is 10.0. The molecule has 0 unspecified atom stereocenters. The maximum atomic E-state index is 11.3. The van der Waals surface area contributed by atoms with Crippen molar-refractivity contribution in [2.24, 2.45) is 5.73 Å². The molecular weight excluding hydrogens is 190 g/mol. The van der Waals surface area contributed by atoms with Crippen LogP contribution in [0.15, 0.2) is 18.2 Å². The summed E-state index contributed by atoms with van der Waals surface area (Å²) in [6.07, 6.45) is 0. The molecule has 70 valence electrons. The highest BCUT2D eigenvalue weighted by Gasteiger charge is 2.10. The number of ketones is 1. The lowest BCUT2D eigenvalue weighted by Crippen LogP contribution is -2.14. The highest BCUT2D eigenvalue weighted by Crippen LogP contribution is 2.22. The molecule has 0 saturated heterocycles. The van der Waals surface area contributed by atoms with Gasteiger partial charge in [-0.05, 0) is 18.2 Å². The van der Waals surface area contributed by atoms with Gasteiger partial charge in [0.2, 0.25) is 0 Å². The maximum absolute atomic E-state index is 11.3. The lowest BCUT2D eigenvalue weighted by atomic mass is 10.1. The van der Waals surface area contributed by atoms with Crippen LogP contribution in [0.4, 0.5) is 0 Å². The van der Waals surface area contributed by atoms with Gasteiger partial charge in [0.15, 0.2) is 5.78 Å². The average molecular weight is 200 g/mol. The van der Waals surface area contributed by atoms with E-state index in [2.05, 4.69) is 0 Å². The molecule has 2 N–H and O–H groups in total. The van der Waals surface area contributed by atoms with Crippen LogP contribution < -0.4 is 10.5 Å². The first-order valence-electron chi connectivity index (χ1n) is 3.76. The third-order valence-electron chi connectivity index (χ3n) is 1.65. The monoisotopic (exact) mass is 199 g/mol. The standard InChI is InChI=1S/C9H10ClNO2/c1-13-9-3-2-6(10)4-7(9)8(12)5-11/h2-4H,5,11H2,1H3. The van der Waals surface area contributed by atoms with Gasteiger partial charge in [0, 0.05) is 5.02 Å². The van der Waals surface area contributed by atoms with E-state index in [1.807, 2.05) is 0 Å². The van der Waals surface area contributed by atoms with Gasteiger partial charge in [-0.1, -0.05) is 11.6 Å². The number of carbonyl (C=O) groups excluding carboxylic acids is 1. The zero-order valence-electron chi connectivity index (χ0n) is 7.21. The highest BCUT2D eigenvalue weighted by molar-refractivity contribution is 6.31. The Balaban J connectivity index is 3.15. The number of carbonyl (C=O) groups is 1. The van der Waals surface area contributed by atoms with Crippen molar-refractivity contribution in [3.8, 4) is 5.75 Å². The summed E-state index contributed by atoms with van der Waals surface area (Å²) in [5.41, 5.74) is 5.66. The Bertz CT molecular complexity index is 325. The molecule has 0 bridgehead atoms. The summed E-state index contributed by atoms with van der Waals surface area (Å²) in [4.78, 5) is 11.3. The minimum absolute atomic E-state index is 0.0449. The van der Waals surface area contributed by atoms with Gasteiger partial charge < -0.3 is 10.5 Å². The molecule has 0 aliphatic heterocycles. The summed E-state index contributed by atoms with van der Waals surface area (Å²) < 4.78 is 4.99. The third-order valence-corrected chi connectivity index (χ3v) is 1.88. The Morgan fingerprint density at radius 1 is 1.62 bits per heavy atom. The van der Waals surface area contributed by atoms with Gasteiger partial charge in [-0.3, -0.25) is 4.79 Å². The van der Waals surface area contributed by atoms with Gasteiger partial charge in [-0.25, -0.2) is 0 Å². The van der Waals surface area contributed by atoms with Crippen molar-refractivity contribution in [1.29, 1.82) is 0 Å². The SMILES string of the molecule is COc1ccc(Cl)cc1C(=O)CN. The molecule has 0 amide bonds. The van der Waals surface area contributed by atoms with E-state index in [-0.39, 0.29) is 12.3 Å². The summed E-state index contributed by atoms with van der Waals surface area (Å²) in [5.74, 6) is 0.319. The smallest absolute Gasteiger partial charge is 0.180 e. The number of nitrogens with two attached hydrogens (primary N) is 1. The van der Waals surface area contributed by atoms with Crippen LogP contribution in [0.5, 0.6) is 5.75 Å². The fourth-order valence-corrected chi connectivity index (χ4v) is 1.18. The molecule has 0 atom stereocenters. The first-order chi connectivity index (χ1) is 6.19. The Morgan fingerprint density at radius 3 is 2.85 bits per heavy atom. The van der Waals surface area contributed by atoms with Gasteiger partial charge >= 0.3 is 0 Å². The fraction of sp³-hybridized carbons (Fsp3) is 0.222. The average Bonchev–Trinajstić information content (AvgIpc) is 2.16. The van der Waals surface area contributed by atoms with Gasteiger partial charge in [0.25, 0.3) is 0 Å². The van der Waals surface area contributed by atoms with Crippen molar-refractivity contribution < 1.29 is 9.53 Å². The molecule has 1 rings (SSSR count). The summed E-state index contributed by atoms with van der Waals surface area (Å²) >= 11 is 5.73. The fourth-order valence-electron chi connectivity index (χ4n) is 1.01. The lowest BCUT2D eigenvalue weighted by Gasteiger charge is -2.06. The maximum Gasteiger partial charge on any atom is 0.180 e. The molecule has 3 nitrogen and oxygen atoms in total. The lowest BCUT2D eigenvalue weighted by molar-refractivity contribution is 0.0998. The molecule has 0 fully saturated rings. The number of halogens is 1. The van der Waals surface area contributed by atoms with Crippen LogP contribution in [-0.4, -0.2) is 19.4 Å². The first-order valence-corrected chi connectivity index (χ1v) is 4.13. The van der Waals surface area contributed by atoms with Crippen molar-refractivity contribution in [3.63, 3.8) is 0 Å². The highest BCUT2D eigenvalue weighted by atomic mass is 35.5. The zero-order valence-corrected chi connectivity index (χ0v) is 7.97. The number of hydrogen-bond acceptors (Lipinski definition) is 3. The second-order valence-corrected chi connectivity index (χ2v) is 2.91. The van der Waals surface area contributed by atoms with Crippen LogP contribution >= 0.6 is 11.6 Å². The summed E-state index contributed by atoms with van der Waals surface area (Å²) in [7, 11) is 1.50. The zero-order chi connectivity index (χ0) is 9.84. The molecule has 13 heavy (non-hydrogen) atoms. The van der Waals surface area contributed by atoms with Crippen LogP contribution in [0.2, 0.25) is 5.02 Å². The molecular formula is C9H10ClNO2. The van der Waals surface area contributed by atoms with Crippen LogP contribution in [0.25, 0.3) is 0 Å². The van der Waals surface area contributed by atoms with Crippen molar-refractivity contribution in [2.45, 2.75) is 0 Å². The predicted molar refractivity (Wildman–Crippen MR) is 51.4 cm³/mol. The molecule has 0 spiro atoms. The topological polar surface area (TPSA) is 52.3 Å². The molecule has 0 aliphatic carbocycles. The third kappa shape index (κ3) is 2.20. The van der Waals surface area contributed by atoms with E-state index >= 15 is 0 Å². The van der Waals surface area contributed by atoms with E-state index in [1.54, 1.807) is 18.2 Å². The molecule has 0 aromatic heterocycles. The summed E-state index contributed by atoms with van der Waals surface area (Å²) in [6, 6.07) is 4.86. The second kappa shape index (κ2) is 4.25. The quantitative estimate of drug-likeness (QED) is 0.751. The number of rotatable bonds is 3. The predicted octanol–water partition coefficient (Wildman–Crippen LogP) is 1.49. The largest absolute Gasteiger partial charge is 0.496 e. The van der Waals surface area contributed by atoms with E-state index in [1.165, 1.54) is 7.11 Å². The number of benzene rings is 1. The van der Waals surface area contributed by atoms with Crippen LogP contribution in [0.3, 0.4) is 0 Å². The molecule has 0 aliphatic rings. The van der Waals surface area contributed by atoms with E-state index in [0.717, 1.165) is 0 Å². The van der Waals surface area contributed by atoms with E-state index in [4.69, 9.17) is 22.1 Å². The van der Waals surface area contributed by atoms with Gasteiger partial charge in [0.1, 0.15) is 5.75 Å². The molecule has 1 aromatic carbocycles. The van der Waals surface area contributed by atoms with Gasteiger partial charge in [-0.15, -0.1) is 0 Å². The molecule has 0 heterocycles. The van der Waals surface area contributed by atoms with Gasteiger partial charge in [0.05, 0.1) is 19.2 Å². The van der Waals surface area contributed by atoms with Crippen LogP contribution in [0.1, 0.15) is 10.4 Å². The minimum atomic E-state index is -0.181. The number of Topliss-reactive ketones (excluding diaryl/α,β-unsaturated/α-hetero) is 1. The van der Waals surface area contributed by atoms with Crippen molar-refractivity contribution in [2.75, 3.05) is 13.7 Å². The Kier molecular flexibility index (Phi) is 3.28. The Morgan fingerprint density at radius 2 is 2.31 bits per heavy atom. The summed E-state index contributed by atoms with van der Waals surface area (Å²) in [5, 5.41) is 0.498. The van der Waals surface area contributed by atoms with E-state index in [9.17, 15) is 4.79 Å². The van der Waals surface area contributed by atoms with Crippen LogP contribution in [0, 0.1) is 0 Å². The molecule has 1 aromatic rings. The van der Waals surface area contributed by atoms with Crippen molar-refractivity contribution >= 4 is 17.4 Å².